The average Bonchev–Trinajstić information content (AvgIpc) is 2.73. The van der Waals surface area contributed by atoms with Crippen LogP contribution in [-0.4, -0.2) is 21.4 Å². The van der Waals surface area contributed by atoms with E-state index in [4.69, 9.17) is 11.6 Å². The van der Waals surface area contributed by atoms with E-state index in [0.717, 1.165) is 5.56 Å². The van der Waals surface area contributed by atoms with Crippen molar-refractivity contribution in [1.29, 1.82) is 0 Å². The smallest absolute Gasteiger partial charge is 0.264 e. The summed E-state index contributed by atoms with van der Waals surface area (Å²) >= 11 is 6.31. The van der Waals surface area contributed by atoms with Crippen LogP contribution >= 0.6 is 11.6 Å². The summed E-state index contributed by atoms with van der Waals surface area (Å²) in [6, 6.07) is 22.0. The third kappa shape index (κ3) is 4.18. The molecule has 0 heterocycles. The maximum absolute atomic E-state index is 13.5. The highest BCUT2D eigenvalue weighted by Gasteiger charge is 2.27. The Kier molecular flexibility index (Phi) is 6.02. The number of benzene rings is 3. The van der Waals surface area contributed by atoms with E-state index < -0.39 is 10.0 Å². The molecule has 0 aliphatic carbocycles. The Balaban J connectivity index is 2.11. The number of carbonyl (C=O) groups is 1. The molecule has 0 saturated heterocycles. The summed E-state index contributed by atoms with van der Waals surface area (Å²) in [6.45, 7) is 0.108. The van der Waals surface area contributed by atoms with Gasteiger partial charge in [0.05, 0.1) is 22.2 Å². The van der Waals surface area contributed by atoms with Gasteiger partial charge in [0.25, 0.3) is 15.9 Å². The number of hydrogen-bond donors (Lipinski definition) is 1. The second kappa shape index (κ2) is 8.46. The molecule has 0 aliphatic rings. The molecule has 0 saturated carbocycles. The van der Waals surface area contributed by atoms with Gasteiger partial charge in [-0.25, -0.2) is 8.42 Å². The zero-order valence-corrected chi connectivity index (χ0v) is 16.7. The number of nitrogens with one attached hydrogen (secondary N) is 1. The maximum atomic E-state index is 13.5. The van der Waals surface area contributed by atoms with E-state index >= 15 is 0 Å². The molecule has 3 aromatic rings. The number of hydrogen-bond acceptors (Lipinski definition) is 3. The zero-order chi connectivity index (χ0) is 20.1. The highest BCUT2D eigenvalue weighted by atomic mass is 35.5. The molecule has 0 aliphatic heterocycles. The minimum Gasteiger partial charge on any atom is -0.355 e. The van der Waals surface area contributed by atoms with E-state index in [0.29, 0.717) is 10.7 Å². The van der Waals surface area contributed by atoms with E-state index in [1.165, 1.54) is 23.5 Å². The molecule has 7 heteroatoms. The molecular weight excluding hydrogens is 396 g/mol. The van der Waals surface area contributed by atoms with Crippen molar-refractivity contribution in [2.24, 2.45) is 0 Å². The Hall–Kier alpha value is -2.83. The Morgan fingerprint density at radius 2 is 1.64 bits per heavy atom. The van der Waals surface area contributed by atoms with Crippen molar-refractivity contribution in [3.8, 4) is 0 Å². The first-order chi connectivity index (χ1) is 13.4. The Labute approximate surface area is 169 Å². The number of halogens is 1. The van der Waals surface area contributed by atoms with E-state index in [1.54, 1.807) is 36.4 Å². The van der Waals surface area contributed by atoms with Gasteiger partial charge in [-0.2, -0.15) is 0 Å². The second-order valence-electron chi connectivity index (χ2n) is 6.06. The van der Waals surface area contributed by atoms with Gasteiger partial charge in [-0.05, 0) is 35.9 Å². The number of amides is 1. The van der Waals surface area contributed by atoms with Gasteiger partial charge in [0.2, 0.25) is 0 Å². The fraction of sp³-hybridized carbons (Fsp3) is 0.0952. The molecule has 0 atom stereocenters. The minimum absolute atomic E-state index is 0.0180. The number of carbonyl (C=O) groups excluding carboxylic acids is 1. The summed E-state index contributed by atoms with van der Waals surface area (Å²) in [4.78, 5) is 12.0. The molecule has 28 heavy (non-hydrogen) atoms. The lowest BCUT2D eigenvalue weighted by Crippen LogP contribution is -2.31. The van der Waals surface area contributed by atoms with E-state index in [9.17, 15) is 13.2 Å². The van der Waals surface area contributed by atoms with Crippen LogP contribution in [0, 0.1) is 0 Å². The molecule has 3 aromatic carbocycles. The van der Waals surface area contributed by atoms with Crippen molar-refractivity contribution in [3.63, 3.8) is 0 Å². The molecule has 0 spiro atoms. The van der Waals surface area contributed by atoms with Crippen LogP contribution in [-0.2, 0) is 16.6 Å². The molecular formula is C21H19ClN2O3S. The van der Waals surface area contributed by atoms with Crippen LogP contribution in [0.25, 0.3) is 0 Å². The van der Waals surface area contributed by atoms with E-state index in [-0.39, 0.29) is 22.9 Å². The van der Waals surface area contributed by atoms with Gasteiger partial charge >= 0.3 is 0 Å². The fourth-order valence-corrected chi connectivity index (χ4v) is 4.58. The van der Waals surface area contributed by atoms with E-state index in [1.807, 2.05) is 30.3 Å². The van der Waals surface area contributed by atoms with Crippen LogP contribution in [0.2, 0.25) is 5.02 Å². The van der Waals surface area contributed by atoms with Crippen molar-refractivity contribution in [2.45, 2.75) is 11.4 Å². The SMILES string of the molecule is CNC(=O)c1cccc(S(=O)(=O)N(Cc2ccccc2)c2ccccc2Cl)c1. The fourth-order valence-electron chi connectivity index (χ4n) is 2.77. The Morgan fingerprint density at radius 1 is 0.964 bits per heavy atom. The van der Waals surface area contributed by atoms with Crippen LogP contribution in [0.15, 0.2) is 83.8 Å². The normalized spacial score (nSPS) is 11.1. The van der Waals surface area contributed by atoms with Crippen LogP contribution < -0.4 is 9.62 Å². The zero-order valence-electron chi connectivity index (χ0n) is 15.2. The first kappa shape index (κ1) is 19.9. The van der Waals surface area contributed by atoms with Crippen molar-refractivity contribution < 1.29 is 13.2 Å². The lowest BCUT2D eigenvalue weighted by Gasteiger charge is -2.25. The summed E-state index contributed by atoms with van der Waals surface area (Å²) in [5.41, 5.74) is 1.45. The largest absolute Gasteiger partial charge is 0.355 e. The quantitative estimate of drug-likeness (QED) is 0.660. The molecule has 0 radical (unpaired) electrons. The van der Waals surface area contributed by atoms with Crippen molar-refractivity contribution in [2.75, 3.05) is 11.4 Å². The van der Waals surface area contributed by atoms with Gasteiger partial charge in [0.1, 0.15) is 0 Å². The third-order valence-corrected chi connectivity index (χ3v) is 6.28. The van der Waals surface area contributed by atoms with Gasteiger partial charge in [0, 0.05) is 12.6 Å². The average molecular weight is 415 g/mol. The summed E-state index contributed by atoms with van der Waals surface area (Å²) in [5, 5.41) is 2.82. The predicted molar refractivity (Wildman–Crippen MR) is 111 cm³/mol. The lowest BCUT2D eigenvalue weighted by molar-refractivity contribution is 0.0963. The van der Waals surface area contributed by atoms with Gasteiger partial charge in [-0.1, -0.05) is 60.1 Å². The predicted octanol–water partition coefficient (Wildman–Crippen LogP) is 4.10. The number of nitrogens with zero attached hydrogens (tertiary/aromatic N) is 1. The summed E-state index contributed by atoms with van der Waals surface area (Å²) < 4.78 is 28.2. The lowest BCUT2D eigenvalue weighted by atomic mass is 10.2. The van der Waals surface area contributed by atoms with Crippen molar-refractivity contribution in [3.05, 3.63) is 95.0 Å². The topological polar surface area (TPSA) is 66.5 Å². The maximum Gasteiger partial charge on any atom is 0.264 e. The first-order valence-electron chi connectivity index (χ1n) is 8.57. The number of rotatable bonds is 6. The molecule has 0 bridgehead atoms. The molecule has 1 amide bonds. The first-order valence-corrected chi connectivity index (χ1v) is 10.4. The highest BCUT2D eigenvalue weighted by molar-refractivity contribution is 7.92. The van der Waals surface area contributed by atoms with Gasteiger partial charge < -0.3 is 5.32 Å². The molecule has 0 unspecified atom stereocenters. The number of para-hydroxylation sites is 1. The van der Waals surface area contributed by atoms with E-state index in [2.05, 4.69) is 5.32 Å². The van der Waals surface area contributed by atoms with Crippen LogP contribution in [0.4, 0.5) is 5.69 Å². The molecule has 0 aromatic heterocycles. The summed E-state index contributed by atoms with van der Waals surface area (Å²) in [6.07, 6.45) is 0. The van der Waals surface area contributed by atoms with Crippen LogP contribution in [0.5, 0.6) is 0 Å². The number of anilines is 1. The highest BCUT2D eigenvalue weighted by Crippen LogP contribution is 2.32. The molecule has 144 valence electrons. The van der Waals surface area contributed by atoms with Crippen LogP contribution in [0.3, 0.4) is 0 Å². The van der Waals surface area contributed by atoms with Gasteiger partial charge in [-0.3, -0.25) is 9.10 Å². The second-order valence-corrected chi connectivity index (χ2v) is 8.33. The summed E-state index contributed by atoms with van der Waals surface area (Å²) in [5.74, 6) is -0.357. The molecule has 0 fully saturated rings. The van der Waals surface area contributed by atoms with Gasteiger partial charge in [0.15, 0.2) is 0 Å². The van der Waals surface area contributed by atoms with Crippen molar-refractivity contribution in [1.82, 2.24) is 5.32 Å². The minimum atomic E-state index is -3.97. The van der Waals surface area contributed by atoms with Crippen LogP contribution in [0.1, 0.15) is 15.9 Å². The monoisotopic (exact) mass is 414 g/mol. The molecule has 5 nitrogen and oxygen atoms in total. The molecule has 3 rings (SSSR count). The third-order valence-electron chi connectivity index (χ3n) is 4.20. The molecule has 1 N–H and O–H groups in total. The van der Waals surface area contributed by atoms with Gasteiger partial charge in [-0.15, -0.1) is 0 Å². The standard InChI is InChI=1S/C21H19ClN2O3S/c1-23-21(25)17-10-7-11-18(14-17)28(26,27)24(15-16-8-3-2-4-9-16)20-13-6-5-12-19(20)22/h2-14H,15H2,1H3,(H,23,25). The van der Waals surface area contributed by atoms with Crippen molar-refractivity contribution >= 4 is 33.2 Å². The number of sulfonamides is 1. The Morgan fingerprint density at radius 3 is 2.32 bits per heavy atom. The Bertz CT molecular complexity index is 1090. The summed E-state index contributed by atoms with van der Waals surface area (Å²) in [7, 11) is -2.48.